The zero-order valence-corrected chi connectivity index (χ0v) is 20.4. The Balaban J connectivity index is 1.52. The van der Waals surface area contributed by atoms with Crippen molar-refractivity contribution >= 4 is 23.4 Å². The van der Waals surface area contributed by atoms with E-state index in [0.29, 0.717) is 5.16 Å². The minimum atomic E-state index is -0.0768. The zero-order valence-electron chi connectivity index (χ0n) is 19.6. The number of aromatic nitrogens is 3. The monoisotopic (exact) mass is 472 g/mol. The van der Waals surface area contributed by atoms with Crippen LogP contribution < -0.4 is 10.1 Å². The van der Waals surface area contributed by atoms with E-state index in [2.05, 4.69) is 33.7 Å². The second-order valence-corrected chi connectivity index (χ2v) is 9.02. The minimum absolute atomic E-state index is 0.0768. The summed E-state index contributed by atoms with van der Waals surface area (Å²) in [4.78, 5) is 12.7. The maximum absolute atomic E-state index is 12.7. The SMILES string of the molecule is COc1ccc(-n2c(CCc3ccccc3)nnc2SCC(=O)Nc2ccc(C)cc2C)cc1. The second-order valence-electron chi connectivity index (χ2n) is 8.07. The number of methoxy groups -OCH3 is 1. The molecule has 0 spiro atoms. The predicted octanol–water partition coefficient (Wildman–Crippen LogP) is 5.41. The van der Waals surface area contributed by atoms with E-state index < -0.39 is 0 Å². The van der Waals surface area contributed by atoms with Gasteiger partial charge in [0.25, 0.3) is 0 Å². The van der Waals surface area contributed by atoms with Crippen molar-refractivity contribution in [3.63, 3.8) is 0 Å². The van der Waals surface area contributed by atoms with Crippen LogP contribution >= 0.6 is 11.8 Å². The van der Waals surface area contributed by atoms with Crippen molar-refractivity contribution < 1.29 is 9.53 Å². The van der Waals surface area contributed by atoms with Gasteiger partial charge in [-0.15, -0.1) is 10.2 Å². The number of hydrogen-bond acceptors (Lipinski definition) is 5. The molecular formula is C27H28N4O2S. The quantitative estimate of drug-likeness (QED) is 0.330. The molecule has 1 heterocycles. The van der Waals surface area contributed by atoms with Crippen LogP contribution in [0.3, 0.4) is 0 Å². The molecule has 4 aromatic rings. The Kier molecular flexibility index (Phi) is 7.65. The maximum atomic E-state index is 12.7. The Morgan fingerprint density at radius 2 is 1.74 bits per heavy atom. The molecule has 0 aliphatic heterocycles. The molecule has 6 nitrogen and oxygen atoms in total. The molecule has 7 heteroatoms. The van der Waals surface area contributed by atoms with Crippen molar-refractivity contribution in [1.82, 2.24) is 14.8 Å². The molecule has 0 bridgehead atoms. The highest BCUT2D eigenvalue weighted by Crippen LogP contribution is 2.25. The summed E-state index contributed by atoms with van der Waals surface area (Å²) in [5.41, 5.74) is 5.22. The molecule has 0 saturated heterocycles. The van der Waals surface area contributed by atoms with Gasteiger partial charge in [0, 0.05) is 17.8 Å². The number of nitrogens with zero attached hydrogens (tertiary/aromatic N) is 3. The summed E-state index contributed by atoms with van der Waals surface area (Å²) in [6.07, 6.45) is 1.59. The number of hydrogen-bond donors (Lipinski definition) is 1. The van der Waals surface area contributed by atoms with Crippen LogP contribution in [-0.2, 0) is 17.6 Å². The fourth-order valence-corrected chi connectivity index (χ4v) is 4.49. The lowest BCUT2D eigenvalue weighted by Crippen LogP contribution is -2.15. The Labute approximate surface area is 204 Å². The van der Waals surface area contributed by atoms with Crippen LogP contribution in [0, 0.1) is 13.8 Å². The fraction of sp³-hybridized carbons (Fsp3) is 0.222. The molecule has 1 aromatic heterocycles. The van der Waals surface area contributed by atoms with Gasteiger partial charge >= 0.3 is 0 Å². The van der Waals surface area contributed by atoms with Crippen LogP contribution in [-0.4, -0.2) is 33.5 Å². The Bertz CT molecular complexity index is 1250. The summed E-state index contributed by atoms with van der Waals surface area (Å²) < 4.78 is 7.33. The summed E-state index contributed by atoms with van der Waals surface area (Å²) in [5, 5.41) is 12.6. The topological polar surface area (TPSA) is 69.0 Å². The maximum Gasteiger partial charge on any atom is 0.234 e. The summed E-state index contributed by atoms with van der Waals surface area (Å²) in [6.45, 7) is 4.03. The standard InChI is InChI=1S/C27H28N4O2S/c1-19-9-15-24(20(2)17-19)28-26(32)18-34-27-30-29-25(16-10-21-7-5-4-6-8-21)31(27)22-11-13-23(33-3)14-12-22/h4-9,11-15,17H,10,16,18H2,1-3H3,(H,28,32). The highest BCUT2D eigenvalue weighted by Gasteiger charge is 2.16. The first-order valence-electron chi connectivity index (χ1n) is 11.2. The van der Waals surface area contributed by atoms with E-state index in [-0.39, 0.29) is 11.7 Å². The summed E-state index contributed by atoms with van der Waals surface area (Å²) in [6, 6.07) is 24.1. The second kappa shape index (κ2) is 11.0. The molecular weight excluding hydrogens is 444 g/mol. The van der Waals surface area contributed by atoms with Gasteiger partial charge in [0.05, 0.1) is 12.9 Å². The molecule has 0 saturated carbocycles. The molecule has 34 heavy (non-hydrogen) atoms. The third-order valence-electron chi connectivity index (χ3n) is 5.50. The lowest BCUT2D eigenvalue weighted by molar-refractivity contribution is -0.113. The molecule has 0 aliphatic rings. The van der Waals surface area contributed by atoms with Crippen molar-refractivity contribution in [2.75, 3.05) is 18.2 Å². The molecule has 0 radical (unpaired) electrons. The first kappa shape index (κ1) is 23.6. The fourth-order valence-electron chi connectivity index (χ4n) is 3.72. The van der Waals surface area contributed by atoms with Crippen molar-refractivity contribution in [2.45, 2.75) is 31.8 Å². The summed E-state index contributed by atoms with van der Waals surface area (Å²) >= 11 is 1.38. The minimum Gasteiger partial charge on any atom is -0.497 e. The van der Waals surface area contributed by atoms with Crippen molar-refractivity contribution in [3.05, 3.63) is 95.3 Å². The molecule has 0 fully saturated rings. The van der Waals surface area contributed by atoms with Crippen LogP contribution in [0.1, 0.15) is 22.5 Å². The Morgan fingerprint density at radius 3 is 2.44 bits per heavy atom. The number of ether oxygens (including phenoxy) is 1. The first-order chi connectivity index (χ1) is 16.5. The van der Waals surface area contributed by atoms with Crippen LogP contribution in [0.15, 0.2) is 78.0 Å². The van der Waals surface area contributed by atoms with Gasteiger partial charge in [-0.05, 0) is 61.7 Å². The van der Waals surface area contributed by atoms with Gasteiger partial charge in [0.15, 0.2) is 5.16 Å². The van der Waals surface area contributed by atoms with E-state index in [1.165, 1.54) is 22.9 Å². The number of rotatable bonds is 9. The third kappa shape index (κ3) is 5.85. The van der Waals surface area contributed by atoms with Crippen molar-refractivity contribution in [3.8, 4) is 11.4 Å². The molecule has 174 valence electrons. The van der Waals surface area contributed by atoms with Crippen molar-refractivity contribution in [1.29, 1.82) is 0 Å². The van der Waals surface area contributed by atoms with Gasteiger partial charge in [0.2, 0.25) is 5.91 Å². The molecule has 4 rings (SSSR count). The number of carbonyl (C=O) groups is 1. The number of carbonyl (C=O) groups excluding carboxylic acids is 1. The first-order valence-corrected chi connectivity index (χ1v) is 12.1. The van der Waals surface area contributed by atoms with Crippen LogP contribution in [0.2, 0.25) is 0 Å². The van der Waals surface area contributed by atoms with Crippen LogP contribution in [0.4, 0.5) is 5.69 Å². The number of nitrogens with one attached hydrogen (secondary N) is 1. The lowest BCUT2D eigenvalue weighted by atomic mass is 10.1. The zero-order chi connectivity index (χ0) is 23.9. The number of anilines is 1. The number of amides is 1. The van der Waals surface area contributed by atoms with Gasteiger partial charge < -0.3 is 10.1 Å². The van der Waals surface area contributed by atoms with Crippen LogP contribution in [0.5, 0.6) is 5.75 Å². The van der Waals surface area contributed by atoms with E-state index in [1.54, 1.807) is 7.11 Å². The lowest BCUT2D eigenvalue weighted by Gasteiger charge is -2.12. The number of thioether (sulfide) groups is 1. The van der Waals surface area contributed by atoms with Gasteiger partial charge in [-0.2, -0.15) is 0 Å². The number of benzene rings is 3. The molecule has 3 aromatic carbocycles. The van der Waals surface area contributed by atoms with Crippen LogP contribution in [0.25, 0.3) is 5.69 Å². The Morgan fingerprint density at radius 1 is 0.971 bits per heavy atom. The number of aryl methyl sites for hydroxylation is 4. The third-order valence-corrected chi connectivity index (χ3v) is 6.43. The molecule has 0 aliphatic carbocycles. The molecule has 0 atom stereocenters. The summed E-state index contributed by atoms with van der Waals surface area (Å²) in [5.74, 6) is 1.79. The van der Waals surface area contributed by atoms with Gasteiger partial charge in [0.1, 0.15) is 11.6 Å². The Hall–Kier alpha value is -3.58. The van der Waals surface area contributed by atoms with Gasteiger partial charge in [-0.1, -0.05) is 59.8 Å². The van der Waals surface area contributed by atoms with Gasteiger partial charge in [-0.3, -0.25) is 9.36 Å². The normalized spacial score (nSPS) is 10.8. The average Bonchev–Trinajstić information content (AvgIpc) is 3.26. The van der Waals surface area contributed by atoms with E-state index in [0.717, 1.165) is 41.4 Å². The van der Waals surface area contributed by atoms with E-state index in [9.17, 15) is 4.79 Å². The van der Waals surface area contributed by atoms with E-state index in [4.69, 9.17) is 4.74 Å². The molecule has 1 N–H and O–H groups in total. The molecule has 1 amide bonds. The summed E-state index contributed by atoms with van der Waals surface area (Å²) in [7, 11) is 1.65. The van der Waals surface area contributed by atoms with E-state index >= 15 is 0 Å². The van der Waals surface area contributed by atoms with E-state index in [1.807, 2.05) is 73.0 Å². The largest absolute Gasteiger partial charge is 0.497 e. The molecule has 0 unspecified atom stereocenters. The highest BCUT2D eigenvalue weighted by atomic mass is 32.2. The predicted molar refractivity (Wildman–Crippen MR) is 137 cm³/mol. The average molecular weight is 473 g/mol. The smallest absolute Gasteiger partial charge is 0.234 e. The van der Waals surface area contributed by atoms with Gasteiger partial charge in [-0.25, -0.2) is 0 Å². The van der Waals surface area contributed by atoms with Crippen molar-refractivity contribution in [2.24, 2.45) is 0 Å². The highest BCUT2D eigenvalue weighted by molar-refractivity contribution is 7.99.